The number of rotatable bonds is 32. The molecule has 0 aliphatic carbocycles. The molecule has 6 amide bonds. The number of ether oxygens (including phenoxy) is 4. The monoisotopic (exact) mass is 1050 g/mol. The molecule has 0 aromatic heterocycles. The highest BCUT2D eigenvalue weighted by atomic mass is 16.6. The predicted octanol–water partition coefficient (Wildman–Crippen LogP) is 0.430. The molecule has 0 saturated carbocycles. The maximum Gasteiger partial charge on any atom is 0.343 e. The molecule has 2 aromatic rings. The number of esters is 4. The summed E-state index contributed by atoms with van der Waals surface area (Å²) in [4.78, 5) is 139. The summed E-state index contributed by atoms with van der Waals surface area (Å²) in [7, 11) is 3.75. The van der Waals surface area contributed by atoms with Gasteiger partial charge in [0.15, 0.2) is 0 Å². The van der Waals surface area contributed by atoms with Crippen molar-refractivity contribution in [3.05, 3.63) is 71.8 Å². The van der Waals surface area contributed by atoms with E-state index >= 15 is 0 Å². The molecule has 8 N–H and O–H groups in total. The van der Waals surface area contributed by atoms with Crippen molar-refractivity contribution in [2.24, 2.45) is 17.2 Å². The van der Waals surface area contributed by atoms with Gasteiger partial charge in [-0.15, -0.1) is 0 Å². The van der Waals surface area contributed by atoms with Crippen molar-refractivity contribution in [2.75, 3.05) is 67.1 Å². The molecule has 0 radical (unpaired) electrons. The number of unbranched alkanes of at least 4 members (excludes halogenated alkanes) is 1. The Morgan fingerprint density at radius 3 is 1.79 bits per heavy atom. The molecule has 3 rings (SSSR count). The summed E-state index contributed by atoms with van der Waals surface area (Å²) in [5.41, 5.74) is 17.3. The van der Waals surface area contributed by atoms with Crippen molar-refractivity contribution in [1.29, 1.82) is 0 Å². The van der Waals surface area contributed by atoms with Crippen LogP contribution in [-0.2, 0) is 80.1 Å². The number of amides is 6. The lowest BCUT2D eigenvalue weighted by Crippen LogP contribution is -2.61. The van der Waals surface area contributed by atoms with Crippen LogP contribution in [0, 0.1) is 0 Å². The Bertz CT molecular complexity index is 2220. The summed E-state index contributed by atoms with van der Waals surface area (Å²) in [5.74, 6) is -7.47. The van der Waals surface area contributed by atoms with Crippen LogP contribution in [0.15, 0.2) is 60.7 Å². The Morgan fingerprint density at radius 2 is 1.25 bits per heavy atom. The van der Waals surface area contributed by atoms with Gasteiger partial charge >= 0.3 is 23.9 Å². The van der Waals surface area contributed by atoms with Gasteiger partial charge in [-0.1, -0.05) is 80.9 Å². The lowest BCUT2D eigenvalue weighted by atomic mass is 9.96. The molecule has 2 unspecified atom stereocenters. The largest absolute Gasteiger partial charge is 0.467 e. The zero-order valence-corrected chi connectivity index (χ0v) is 44.0. The van der Waals surface area contributed by atoms with Crippen molar-refractivity contribution in [3.63, 3.8) is 0 Å². The van der Waals surface area contributed by atoms with Crippen LogP contribution in [0.5, 0.6) is 0 Å². The number of nitrogens with one attached hydrogen (secondary N) is 2. The zero-order chi connectivity index (χ0) is 55.5. The minimum atomic E-state index is -2.07. The van der Waals surface area contributed by atoms with Gasteiger partial charge in [0, 0.05) is 27.2 Å². The summed E-state index contributed by atoms with van der Waals surface area (Å²) >= 11 is 0. The second-order valence-corrected chi connectivity index (χ2v) is 18.3. The second-order valence-electron chi connectivity index (χ2n) is 18.3. The molecule has 75 heavy (non-hydrogen) atoms. The summed E-state index contributed by atoms with van der Waals surface area (Å²) in [5, 5.41) is 5.04. The number of likely N-dealkylation sites (N-methyl/N-ethyl adjacent to an activating group) is 2. The number of likely N-dealkylation sites (tertiary alicyclic amines) is 1. The van der Waals surface area contributed by atoms with Crippen LogP contribution in [0.4, 0.5) is 0 Å². The molecule has 414 valence electrons. The molecule has 2 aromatic carbocycles. The highest BCUT2D eigenvalue weighted by molar-refractivity contribution is 6.08. The molecule has 0 spiro atoms. The fourth-order valence-corrected chi connectivity index (χ4v) is 8.37. The first-order valence-electron chi connectivity index (χ1n) is 25.4. The third kappa shape index (κ3) is 19.3. The van der Waals surface area contributed by atoms with Crippen LogP contribution in [-0.4, -0.2) is 176 Å². The van der Waals surface area contributed by atoms with E-state index < -0.39 is 115 Å². The third-order valence-electron chi connectivity index (χ3n) is 12.5. The van der Waals surface area contributed by atoms with Crippen LogP contribution in [0.1, 0.15) is 95.6 Å². The van der Waals surface area contributed by atoms with E-state index in [4.69, 9.17) is 36.1 Å². The van der Waals surface area contributed by atoms with Crippen molar-refractivity contribution in [3.8, 4) is 0 Å². The van der Waals surface area contributed by atoms with Gasteiger partial charge < -0.3 is 66.4 Å². The Kier molecular flexibility index (Phi) is 26.9. The van der Waals surface area contributed by atoms with Crippen LogP contribution in [0.25, 0.3) is 0 Å². The number of carbonyl (C=O) groups excluding carboxylic acids is 10. The van der Waals surface area contributed by atoms with E-state index in [2.05, 4.69) is 10.6 Å². The molecule has 23 heteroatoms. The number of benzene rings is 2. The lowest BCUT2D eigenvalue weighted by Gasteiger charge is -2.36. The van der Waals surface area contributed by atoms with Gasteiger partial charge in [0.25, 0.3) is 0 Å². The Hall–Kier alpha value is -6.98. The molecule has 0 bridgehead atoms. The van der Waals surface area contributed by atoms with Crippen LogP contribution in [0.3, 0.4) is 0 Å². The van der Waals surface area contributed by atoms with E-state index in [1.807, 2.05) is 19.1 Å². The van der Waals surface area contributed by atoms with Crippen molar-refractivity contribution in [1.82, 2.24) is 30.2 Å². The van der Waals surface area contributed by atoms with Crippen molar-refractivity contribution < 1.29 is 66.9 Å². The van der Waals surface area contributed by atoms with Gasteiger partial charge in [0.1, 0.15) is 37.4 Å². The predicted molar refractivity (Wildman–Crippen MR) is 273 cm³/mol. The average Bonchev–Trinajstić information content (AvgIpc) is 3.88. The van der Waals surface area contributed by atoms with E-state index in [0.717, 1.165) is 32.9 Å². The summed E-state index contributed by atoms with van der Waals surface area (Å²) in [6.45, 7) is 1.47. The first kappa shape index (κ1) is 62.3. The molecule has 1 saturated heterocycles. The van der Waals surface area contributed by atoms with Crippen molar-refractivity contribution in [2.45, 2.75) is 127 Å². The van der Waals surface area contributed by atoms with E-state index in [1.54, 1.807) is 55.5 Å². The minimum Gasteiger partial charge on any atom is -0.467 e. The smallest absolute Gasteiger partial charge is 0.343 e. The fraction of sp³-hybridized carbons (Fsp3) is 0.577. The fourth-order valence-electron chi connectivity index (χ4n) is 8.37. The first-order valence-corrected chi connectivity index (χ1v) is 25.4. The van der Waals surface area contributed by atoms with Crippen LogP contribution >= 0.6 is 0 Å². The Balaban J connectivity index is 1.75. The number of methoxy groups -OCH3 is 1. The van der Waals surface area contributed by atoms with Gasteiger partial charge in [-0.05, 0) is 75.3 Å². The molecule has 1 fully saturated rings. The number of hydrogen-bond donors (Lipinski definition) is 5. The quantitative estimate of drug-likeness (QED) is 0.0287. The minimum absolute atomic E-state index is 0.00687. The molecular formula is C52H77N9O14. The van der Waals surface area contributed by atoms with Crippen molar-refractivity contribution >= 4 is 59.3 Å². The van der Waals surface area contributed by atoms with E-state index in [9.17, 15) is 47.9 Å². The van der Waals surface area contributed by atoms with E-state index in [1.165, 1.54) is 19.0 Å². The third-order valence-corrected chi connectivity index (χ3v) is 12.5. The maximum atomic E-state index is 14.5. The van der Waals surface area contributed by atoms with Gasteiger partial charge in [-0.2, -0.15) is 0 Å². The molecule has 1 aliphatic rings. The SMILES string of the molecule is CCCCOC(=O)[C@@]1(C(=O)OC)CCCN1C(=O)CN(C)C(=O)[C@H](CCCC(N)C(=O)OCc1ccccc1)N(CCC)C(=O)CNC(=O)CN(C)C(=O)[C@H](CCCC(N)C(=O)OCc1ccccc1)NC(=O)CN. The summed E-state index contributed by atoms with van der Waals surface area (Å²) < 4.78 is 21.1. The highest BCUT2D eigenvalue weighted by Gasteiger charge is 2.58. The summed E-state index contributed by atoms with van der Waals surface area (Å²) in [6, 6.07) is 13.5. The standard InChI is InChI=1S/C52H77N9O14/c1-6-8-29-73-51(71)52(50(70)72-5)26-17-28-61(52)45(65)33-59(4)47(67)41(25-16-23-39(55)49(69)75-35-37-20-13-10-14-21-37)60(27-7-2)44(64)31-56-43(63)32-58(3)46(66)40(57-42(62)30-53)24-15-22-38(54)48(68)74-34-36-18-11-9-12-19-36/h9-14,18-21,38-41H,6-8,15-17,22-35,53-55H2,1-5H3,(H,56,63)(H,57,62)/t38?,39?,40-,41-,52-/m0/s1. The first-order chi connectivity index (χ1) is 35.8. The molecule has 1 heterocycles. The van der Waals surface area contributed by atoms with E-state index in [-0.39, 0.29) is 84.3 Å². The van der Waals surface area contributed by atoms with Gasteiger partial charge in [-0.3, -0.25) is 38.4 Å². The second kappa shape index (κ2) is 32.4. The molecule has 23 nitrogen and oxygen atoms in total. The van der Waals surface area contributed by atoms with Crippen LogP contribution < -0.4 is 27.8 Å². The molecule has 1 aliphatic heterocycles. The van der Waals surface area contributed by atoms with Gasteiger partial charge in [0.2, 0.25) is 41.0 Å². The highest BCUT2D eigenvalue weighted by Crippen LogP contribution is 2.33. The number of hydrogen-bond acceptors (Lipinski definition) is 17. The summed E-state index contributed by atoms with van der Waals surface area (Å²) in [6.07, 6.45) is 2.25. The lowest BCUT2D eigenvalue weighted by molar-refractivity contribution is -0.175. The average molecular weight is 1050 g/mol. The number of nitrogens with two attached hydrogens (primary N) is 3. The number of nitrogens with zero attached hydrogens (tertiary/aromatic N) is 4. The van der Waals surface area contributed by atoms with Crippen LogP contribution in [0.2, 0.25) is 0 Å². The zero-order valence-electron chi connectivity index (χ0n) is 44.0. The molecule has 5 atom stereocenters. The van der Waals surface area contributed by atoms with Gasteiger partial charge in [0.05, 0.1) is 39.9 Å². The maximum absolute atomic E-state index is 14.5. The Morgan fingerprint density at radius 1 is 0.693 bits per heavy atom. The normalized spacial score (nSPS) is 15.5. The van der Waals surface area contributed by atoms with Gasteiger partial charge in [-0.25, -0.2) is 9.59 Å². The van der Waals surface area contributed by atoms with E-state index in [0.29, 0.717) is 19.3 Å². The molecular weight excluding hydrogens is 975 g/mol. The number of carbonyl (C=O) groups is 10. The topological polar surface area (TPSA) is 323 Å². The Labute approximate surface area is 438 Å².